The zero-order valence-corrected chi connectivity index (χ0v) is 16.9. The van der Waals surface area contributed by atoms with Crippen LogP contribution in [0.3, 0.4) is 0 Å². The molecule has 0 amide bonds. The van der Waals surface area contributed by atoms with Crippen LogP contribution in [0, 0.1) is 11.6 Å². The fourth-order valence-electron chi connectivity index (χ4n) is 4.82. The van der Waals surface area contributed by atoms with Gasteiger partial charge in [-0.25, -0.2) is 17.2 Å². The number of ether oxygens (including phenoxy) is 1. The van der Waals surface area contributed by atoms with Gasteiger partial charge in [-0.15, -0.1) is 0 Å². The number of benzene rings is 1. The van der Waals surface area contributed by atoms with Crippen molar-refractivity contribution < 1.29 is 21.9 Å². The standard InChI is InChI=1S/C20H25F2N3O3S/c21-13-1-4-17(22)16(7-13)20-18(23)8-14(11-28-20)25-6-5-12-9-24(10-19(12)25)29(26,27)15-2-3-15/h1,4,7,14-15,18,20H,2-3,5-6,8-11,23H2/t14-,18+,20-/m1/s1. The van der Waals surface area contributed by atoms with E-state index in [4.69, 9.17) is 10.5 Å². The molecule has 3 atom stereocenters. The molecule has 29 heavy (non-hydrogen) atoms. The molecule has 5 rings (SSSR count). The lowest BCUT2D eigenvalue weighted by Gasteiger charge is -2.40. The second kappa shape index (κ2) is 7.01. The molecule has 0 bridgehead atoms. The Bertz CT molecular complexity index is 964. The minimum absolute atomic E-state index is 0.00829. The normalized spacial score (nSPS) is 30.9. The molecule has 1 saturated heterocycles. The summed E-state index contributed by atoms with van der Waals surface area (Å²) >= 11 is 0. The Labute approximate surface area is 169 Å². The van der Waals surface area contributed by atoms with Gasteiger partial charge in [-0.2, -0.15) is 4.31 Å². The van der Waals surface area contributed by atoms with Crippen LogP contribution in [0.15, 0.2) is 29.5 Å². The first-order valence-corrected chi connectivity index (χ1v) is 11.6. The van der Waals surface area contributed by atoms with E-state index < -0.39 is 33.8 Å². The number of rotatable bonds is 4. The van der Waals surface area contributed by atoms with Crippen molar-refractivity contribution >= 4 is 10.0 Å². The Balaban J connectivity index is 1.28. The van der Waals surface area contributed by atoms with Crippen LogP contribution in [0.1, 0.15) is 37.4 Å². The lowest BCUT2D eigenvalue weighted by molar-refractivity contribution is -0.0433. The second-order valence-electron chi connectivity index (χ2n) is 8.48. The summed E-state index contributed by atoms with van der Waals surface area (Å²) < 4.78 is 60.4. The maximum Gasteiger partial charge on any atom is 0.217 e. The van der Waals surface area contributed by atoms with Crippen molar-refractivity contribution in [2.45, 2.75) is 49.1 Å². The van der Waals surface area contributed by atoms with Gasteiger partial charge in [0.15, 0.2) is 0 Å². The minimum atomic E-state index is -3.19. The van der Waals surface area contributed by atoms with Crippen LogP contribution >= 0.6 is 0 Å². The molecule has 4 aliphatic rings. The SMILES string of the molecule is N[C@H]1C[C@@H](N2CCC3=C2CN(S(=O)(=O)C2CC2)C3)CO[C@@H]1c1cc(F)ccc1F. The highest BCUT2D eigenvalue weighted by Gasteiger charge is 2.46. The first kappa shape index (κ1) is 19.4. The molecule has 0 unspecified atom stereocenters. The summed E-state index contributed by atoms with van der Waals surface area (Å²) in [5, 5.41) is -0.204. The molecule has 9 heteroatoms. The largest absolute Gasteiger partial charge is 0.370 e. The van der Waals surface area contributed by atoms with Crippen molar-refractivity contribution in [2.24, 2.45) is 5.73 Å². The van der Waals surface area contributed by atoms with E-state index in [1.165, 1.54) is 5.57 Å². The summed E-state index contributed by atoms with van der Waals surface area (Å²) in [5.41, 5.74) is 8.72. The van der Waals surface area contributed by atoms with Gasteiger partial charge in [-0.1, -0.05) is 0 Å². The molecule has 2 N–H and O–H groups in total. The molecular weight excluding hydrogens is 400 g/mol. The van der Waals surface area contributed by atoms with E-state index >= 15 is 0 Å². The molecule has 1 aliphatic carbocycles. The number of sulfonamides is 1. The highest BCUT2D eigenvalue weighted by Crippen LogP contribution is 2.40. The fraction of sp³-hybridized carbons (Fsp3) is 0.600. The Hall–Kier alpha value is -1.55. The van der Waals surface area contributed by atoms with Gasteiger partial charge in [0.2, 0.25) is 10.0 Å². The Morgan fingerprint density at radius 2 is 1.97 bits per heavy atom. The predicted octanol–water partition coefficient (Wildman–Crippen LogP) is 1.89. The number of halogens is 2. The zero-order chi connectivity index (χ0) is 20.3. The number of hydrogen-bond acceptors (Lipinski definition) is 5. The van der Waals surface area contributed by atoms with Gasteiger partial charge in [-0.05, 0) is 49.5 Å². The maximum absolute atomic E-state index is 14.1. The van der Waals surface area contributed by atoms with Gasteiger partial charge < -0.3 is 15.4 Å². The Morgan fingerprint density at radius 3 is 2.69 bits per heavy atom. The molecule has 3 aliphatic heterocycles. The third kappa shape index (κ3) is 3.37. The van der Waals surface area contributed by atoms with Crippen molar-refractivity contribution in [1.29, 1.82) is 0 Å². The number of hydrogen-bond donors (Lipinski definition) is 1. The van der Waals surface area contributed by atoms with Gasteiger partial charge in [0.25, 0.3) is 0 Å². The predicted molar refractivity (Wildman–Crippen MR) is 103 cm³/mol. The van der Waals surface area contributed by atoms with Crippen LogP contribution in [-0.2, 0) is 14.8 Å². The summed E-state index contributed by atoms with van der Waals surface area (Å²) in [6, 6.07) is 2.86. The minimum Gasteiger partial charge on any atom is -0.370 e. The highest BCUT2D eigenvalue weighted by molar-refractivity contribution is 7.90. The smallest absolute Gasteiger partial charge is 0.217 e. The summed E-state index contributed by atoms with van der Waals surface area (Å²) in [5.74, 6) is -1.04. The number of nitrogens with zero attached hydrogens (tertiary/aromatic N) is 2. The molecule has 2 fully saturated rings. The molecular formula is C20H25F2N3O3S. The fourth-order valence-corrected chi connectivity index (χ4v) is 6.61. The summed E-state index contributed by atoms with van der Waals surface area (Å²) in [7, 11) is -3.19. The van der Waals surface area contributed by atoms with E-state index in [9.17, 15) is 17.2 Å². The van der Waals surface area contributed by atoms with Gasteiger partial charge in [0, 0.05) is 30.4 Å². The van der Waals surface area contributed by atoms with E-state index in [0.29, 0.717) is 26.1 Å². The van der Waals surface area contributed by atoms with Crippen molar-refractivity contribution in [3.05, 3.63) is 46.7 Å². The van der Waals surface area contributed by atoms with E-state index in [-0.39, 0.29) is 16.9 Å². The highest BCUT2D eigenvalue weighted by atomic mass is 32.2. The summed E-state index contributed by atoms with van der Waals surface area (Å²) in [6.45, 7) is 2.07. The van der Waals surface area contributed by atoms with Crippen LogP contribution < -0.4 is 5.73 Å². The molecule has 1 aromatic rings. The topological polar surface area (TPSA) is 75.9 Å². The maximum atomic E-state index is 14.1. The molecule has 0 radical (unpaired) electrons. The van der Waals surface area contributed by atoms with Crippen molar-refractivity contribution in [3.63, 3.8) is 0 Å². The van der Waals surface area contributed by atoms with E-state index in [1.54, 1.807) is 4.31 Å². The average molecular weight is 426 g/mol. The summed E-state index contributed by atoms with van der Waals surface area (Å²) in [4.78, 5) is 2.22. The Morgan fingerprint density at radius 1 is 1.17 bits per heavy atom. The summed E-state index contributed by atoms with van der Waals surface area (Å²) in [6.07, 6.45) is 2.26. The molecule has 0 spiro atoms. The van der Waals surface area contributed by atoms with E-state index in [2.05, 4.69) is 4.90 Å². The van der Waals surface area contributed by atoms with Crippen molar-refractivity contribution in [2.75, 3.05) is 26.2 Å². The van der Waals surface area contributed by atoms with Gasteiger partial charge >= 0.3 is 0 Å². The third-order valence-corrected chi connectivity index (χ3v) is 8.81. The Kier molecular flexibility index (Phi) is 4.69. The second-order valence-corrected chi connectivity index (χ2v) is 10.7. The van der Waals surface area contributed by atoms with Crippen molar-refractivity contribution in [3.8, 4) is 0 Å². The van der Waals surface area contributed by atoms with Crippen LogP contribution in [0.25, 0.3) is 0 Å². The lowest BCUT2D eigenvalue weighted by atomic mass is 9.93. The average Bonchev–Trinajstić information content (AvgIpc) is 3.34. The van der Waals surface area contributed by atoms with Crippen LogP contribution in [-0.4, -0.2) is 61.2 Å². The van der Waals surface area contributed by atoms with Crippen LogP contribution in [0.5, 0.6) is 0 Å². The number of nitrogens with two attached hydrogens (primary N) is 1. The van der Waals surface area contributed by atoms with Crippen molar-refractivity contribution in [1.82, 2.24) is 9.21 Å². The molecule has 158 valence electrons. The molecule has 0 aromatic heterocycles. The monoisotopic (exact) mass is 425 g/mol. The van der Waals surface area contributed by atoms with Crippen LogP contribution in [0.4, 0.5) is 8.78 Å². The first-order chi connectivity index (χ1) is 13.8. The first-order valence-electron chi connectivity index (χ1n) is 10.1. The molecule has 3 heterocycles. The molecule has 6 nitrogen and oxygen atoms in total. The third-order valence-electron chi connectivity index (χ3n) is 6.51. The quantitative estimate of drug-likeness (QED) is 0.797. The van der Waals surface area contributed by atoms with Gasteiger partial charge in [0.1, 0.15) is 17.7 Å². The van der Waals surface area contributed by atoms with Crippen LogP contribution in [0.2, 0.25) is 0 Å². The van der Waals surface area contributed by atoms with E-state index in [1.807, 2.05) is 0 Å². The molecule has 1 aromatic carbocycles. The van der Waals surface area contributed by atoms with E-state index in [0.717, 1.165) is 49.7 Å². The lowest BCUT2D eigenvalue weighted by Crippen LogP contribution is -2.49. The van der Waals surface area contributed by atoms with Gasteiger partial charge in [0.05, 0.1) is 24.4 Å². The zero-order valence-electron chi connectivity index (χ0n) is 16.1. The van der Waals surface area contributed by atoms with Gasteiger partial charge in [-0.3, -0.25) is 0 Å². The molecule has 1 saturated carbocycles.